The van der Waals surface area contributed by atoms with Gasteiger partial charge in [-0.15, -0.1) is 0 Å². The van der Waals surface area contributed by atoms with Gasteiger partial charge in [0, 0.05) is 10.9 Å². The van der Waals surface area contributed by atoms with Crippen molar-refractivity contribution in [3.8, 4) is 23.0 Å². The first-order chi connectivity index (χ1) is 19.1. The Morgan fingerprint density at radius 2 is 1.38 bits per heavy atom. The lowest BCUT2D eigenvalue weighted by atomic mass is 10.0. The van der Waals surface area contributed by atoms with Crippen molar-refractivity contribution in [3.05, 3.63) is 125 Å². The van der Waals surface area contributed by atoms with Crippen molar-refractivity contribution in [1.29, 1.82) is 0 Å². The highest BCUT2D eigenvalue weighted by Crippen LogP contribution is 2.39. The zero-order chi connectivity index (χ0) is 26.8. The second kappa shape index (κ2) is 10.3. The standard InChI is InChI=1S/C33H25NO5/c1-21-24-14-8-9-15-27(24)39-32(21)26-18-25(33(35)36)30-28(37-19-22-10-4-2-5-11-22)16-17-29(31(30)34-26)38-20-23-12-6-3-7-13-23/h2-18H,19-20H2,1H3,(H,35,36). The SMILES string of the molecule is Cc1c(-c2cc(C(=O)O)c3c(OCc4ccccc4)ccc(OCc4ccccc4)c3n2)oc2ccccc12. The van der Waals surface area contributed by atoms with E-state index in [9.17, 15) is 9.90 Å². The number of para-hydroxylation sites is 1. The normalized spacial score (nSPS) is 11.1. The average molecular weight is 516 g/mol. The highest BCUT2D eigenvalue weighted by atomic mass is 16.5. The predicted molar refractivity (Wildman–Crippen MR) is 150 cm³/mol. The van der Waals surface area contributed by atoms with E-state index in [-0.39, 0.29) is 12.2 Å². The lowest BCUT2D eigenvalue weighted by Crippen LogP contribution is -2.05. The molecule has 0 unspecified atom stereocenters. The molecule has 0 aliphatic rings. The number of ether oxygens (including phenoxy) is 2. The Hall–Kier alpha value is -5.10. The lowest BCUT2D eigenvalue weighted by molar-refractivity contribution is 0.0698. The van der Waals surface area contributed by atoms with Crippen molar-refractivity contribution in [3.63, 3.8) is 0 Å². The minimum atomic E-state index is -1.10. The highest BCUT2D eigenvalue weighted by molar-refractivity contribution is 6.08. The first kappa shape index (κ1) is 24.2. The van der Waals surface area contributed by atoms with E-state index in [4.69, 9.17) is 18.9 Å². The molecule has 0 radical (unpaired) electrons. The Labute approximate surface area is 225 Å². The van der Waals surface area contributed by atoms with Crippen molar-refractivity contribution in [1.82, 2.24) is 4.98 Å². The molecule has 0 bridgehead atoms. The van der Waals surface area contributed by atoms with Crippen LogP contribution in [0.5, 0.6) is 11.5 Å². The number of aryl methyl sites for hydroxylation is 1. The van der Waals surface area contributed by atoms with Crippen molar-refractivity contribution in [2.24, 2.45) is 0 Å². The molecule has 0 spiro atoms. The molecule has 4 aromatic carbocycles. The molecule has 6 rings (SSSR count). The molecule has 0 amide bonds. The summed E-state index contributed by atoms with van der Waals surface area (Å²) < 4.78 is 18.5. The van der Waals surface area contributed by atoms with Crippen molar-refractivity contribution in [2.75, 3.05) is 0 Å². The summed E-state index contributed by atoms with van der Waals surface area (Å²) in [6.07, 6.45) is 0. The minimum Gasteiger partial charge on any atom is -0.488 e. The molecular weight excluding hydrogens is 490 g/mol. The predicted octanol–water partition coefficient (Wildman–Crippen LogP) is 7.81. The Kier molecular flexibility index (Phi) is 6.43. The van der Waals surface area contributed by atoms with E-state index in [1.807, 2.05) is 91.9 Å². The van der Waals surface area contributed by atoms with Gasteiger partial charge in [-0.1, -0.05) is 78.9 Å². The van der Waals surface area contributed by atoms with Crippen LogP contribution in [0.25, 0.3) is 33.3 Å². The van der Waals surface area contributed by atoms with Gasteiger partial charge < -0.3 is 19.0 Å². The molecule has 0 saturated heterocycles. The zero-order valence-electron chi connectivity index (χ0n) is 21.3. The summed E-state index contributed by atoms with van der Waals surface area (Å²) in [6, 6.07) is 32.3. The maximum absolute atomic E-state index is 12.6. The summed E-state index contributed by atoms with van der Waals surface area (Å²) >= 11 is 0. The zero-order valence-corrected chi connectivity index (χ0v) is 21.3. The fourth-order valence-electron chi connectivity index (χ4n) is 4.70. The molecule has 6 heteroatoms. The Morgan fingerprint density at radius 3 is 2.03 bits per heavy atom. The summed E-state index contributed by atoms with van der Waals surface area (Å²) in [5, 5.41) is 11.6. The van der Waals surface area contributed by atoms with Crippen LogP contribution in [0.1, 0.15) is 27.0 Å². The van der Waals surface area contributed by atoms with Crippen molar-refractivity contribution in [2.45, 2.75) is 20.1 Å². The van der Waals surface area contributed by atoms with Crippen LogP contribution in [0.2, 0.25) is 0 Å². The largest absolute Gasteiger partial charge is 0.488 e. The van der Waals surface area contributed by atoms with Gasteiger partial charge >= 0.3 is 5.97 Å². The van der Waals surface area contributed by atoms with Gasteiger partial charge in [0.05, 0.1) is 10.9 Å². The summed E-state index contributed by atoms with van der Waals surface area (Å²) in [5.41, 5.74) is 4.42. The minimum absolute atomic E-state index is 0.0584. The monoisotopic (exact) mass is 515 g/mol. The number of nitrogens with zero attached hydrogens (tertiary/aromatic N) is 1. The van der Waals surface area contributed by atoms with Gasteiger partial charge in [-0.3, -0.25) is 0 Å². The lowest BCUT2D eigenvalue weighted by Gasteiger charge is -2.16. The number of furan rings is 1. The van der Waals surface area contributed by atoms with Gasteiger partial charge in [0.15, 0.2) is 5.76 Å². The van der Waals surface area contributed by atoms with Crippen molar-refractivity contribution >= 4 is 27.8 Å². The van der Waals surface area contributed by atoms with E-state index in [0.29, 0.717) is 46.0 Å². The Morgan fingerprint density at radius 1 is 0.795 bits per heavy atom. The topological polar surface area (TPSA) is 81.8 Å². The maximum Gasteiger partial charge on any atom is 0.336 e. The van der Waals surface area contributed by atoms with Crippen LogP contribution in [0.15, 0.2) is 108 Å². The third-order valence-corrected chi connectivity index (χ3v) is 6.67. The number of aromatic nitrogens is 1. The van der Waals surface area contributed by atoms with Crippen LogP contribution in [-0.4, -0.2) is 16.1 Å². The smallest absolute Gasteiger partial charge is 0.336 e. The summed E-state index contributed by atoms with van der Waals surface area (Å²) in [7, 11) is 0. The number of rotatable bonds is 8. The molecule has 6 aromatic rings. The van der Waals surface area contributed by atoms with E-state index in [0.717, 1.165) is 22.1 Å². The number of hydrogen-bond donors (Lipinski definition) is 1. The number of carbonyl (C=O) groups is 1. The average Bonchev–Trinajstić information content (AvgIpc) is 3.32. The van der Waals surface area contributed by atoms with Gasteiger partial charge in [0.1, 0.15) is 41.5 Å². The number of hydrogen-bond acceptors (Lipinski definition) is 5. The second-order valence-electron chi connectivity index (χ2n) is 9.25. The van der Waals surface area contributed by atoms with Crippen LogP contribution in [-0.2, 0) is 13.2 Å². The Balaban J connectivity index is 1.51. The quantitative estimate of drug-likeness (QED) is 0.223. The fraction of sp³-hybridized carbons (Fsp3) is 0.0909. The van der Waals surface area contributed by atoms with Crippen LogP contribution < -0.4 is 9.47 Å². The van der Waals surface area contributed by atoms with Crippen LogP contribution in [0.3, 0.4) is 0 Å². The molecule has 0 saturated carbocycles. The fourth-order valence-corrected chi connectivity index (χ4v) is 4.70. The van der Waals surface area contributed by atoms with E-state index in [1.54, 1.807) is 18.2 Å². The van der Waals surface area contributed by atoms with E-state index >= 15 is 0 Å². The molecule has 0 aliphatic heterocycles. The number of benzene rings is 4. The van der Waals surface area contributed by atoms with Gasteiger partial charge in [-0.2, -0.15) is 0 Å². The summed E-state index contributed by atoms with van der Waals surface area (Å²) in [5.74, 6) is 0.296. The summed E-state index contributed by atoms with van der Waals surface area (Å²) in [6.45, 7) is 2.53. The van der Waals surface area contributed by atoms with E-state index in [2.05, 4.69) is 0 Å². The second-order valence-corrected chi connectivity index (χ2v) is 9.25. The number of pyridine rings is 1. The molecular formula is C33H25NO5. The molecule has 192 valence electrons. The molecule has 0 fully saturated rings. The number of carboxylic acid groups (broad SMARTS) is 1. The third kappa shape index (κ3) is 4.80. The van der Waals surface area contributed by atoms with Crippen LogP contribution in [0.4, 0.5) is 0 Å². The Bertz CT molecular complexity index is 1790. The molecule has 1 N–H and O–H groups in total. The highest BCUT2D eigenvalue weighted by Gasteiger charge is 2.23. The van der Waals surface area contributed by atoms with Gasteiger partial charge in [-0.05, 0) is 42.3 Å². The molecule has 2 aromatic heterocycles. The molecule has 6 nitrogen and oxygen atoms in total. The maximum atomic E-state index is 12.6. The first-order valence-electron chi connectivity index (χ1n) is 12.6. The third-order valence-electron chi connectivity index (χ3n) is 6.67. The molecule has 39 heavy (non-hydrogen) atoms. The summed E-state index contributed by atoms with van der Waals surface area (Å²) in [4.78, 5) is 17.5. The first-order valence-corrected chi connectivity index (χ1v) is 12.6. The number of carboxylic acids is 1. The van der Waals surface area contributed by atoms with Gasteiger partial charge in [0.25, 0.3) is 0 Å². The van der Waals surface area contributed by atoms with E-state index < -0.39 is 5.97 Å². The number of aromatic carboxylic acids is 1. The molecule has 0 atom stereocenters. The number of fused-ring (bicyclic) bond motifs is 2. The molecule has 0 aliphatic carbocycles. The molecule has 2 heterocycles. The van der Waals surface area contributed by atoms with Gasteiger partial charge in [0.2, 0.25) is 0 Å². The van der Waals surface area contributed by atoms with Crippen molar-refractivity contribution < 1.29 is 23.8 Å². The van der Waals surface area contributed by atoms with Gasteiger partial charge in [-0.25, -0.2) is 9.78 Å². The van der Waals surface area contributed by atoms with E-state index in [1.165, 1.54) is 0 Å². The van der Waals surface area contributed by atoms with Crippen LogP contribution in [0, 0.1) is 6.92 Å². The van der Waals surface area contributed by atoms with Crippen LogP contribution >= 0.6 is 0 Å².